The molecule has 1 aromatic heterocycles. The third kappa shape index (κ3) is 5.20. The van der Waals surface area contributed by atoms with Crippen LogP contribution in [0.25, 0.3) is 11.0 Å². The van der Waals surface area contributed by atoms with Crippen molar-refractivity contribution in [2.75, 3.05) is 29.5 Å². The number of hydrogen-bond donors (Lipinski definition) is 1. The van der Waals surface area contributed by atoms with Crippen molar-refractivity contribution in [1.82, 2.24) is 0 Å². The summed E-state index contributed by atoms with van der Waals surface area (Å²) in [5, 5.41) is 0.0131. The largest absolute Gasteiger partial charge is 0.468 e. The second kappa shape index (κ2) is 8.88. The van der Waals surface area contributed by atoms with E-state index in [-0.39, 0.29) is 28.1 Å². The second-order valence-electron chi connectivity index (χ2n) is 6.39. The molecular formula is C20H18N2O8S. The fourth-order valence-electron chi connectivity index (χ4n) is 2.71. The average Bonchev–Trinajstić information content (AvgIpc) is 2.73. The summed E-state index contributed by atoms with van der Waals surface area (Å²) in [4.78, 5) is 36.8. The molecular weight excluding hydrogens is 428 g/mol. The van der Waals surface area contributed by atoms with Gasteiger partial charge in [-0.25, -0.2) is 8.42 Å². The maximum Gasteiger partial charge on any atom is 0.325 e. The van der Waals surface area contributed by atoms with Crippen LogP contribution in [0.2, 0.25) is 0 Å². The molecule has 3 aromatic rings. The lowest BCUT2D eigenvalue weighted by Crippen LogP contribution is -2.32. The number of rotatable bonds is 8. The van der Waals surface area contributed by atoms with Crippen LogP contribution in [0, 0.1) is 0 Å². The van der Waals surface area contributed by atoms with Crippen molar-refractivity contribution in [1.29, 1.82) is 0 Å². The summed E-state index contributed by atoms with van der Waals surface area (Å²) in [6, 6.07) is 11.1. The lowest BCUT2D eigenvalue weighted by atomic mass is 10.1. The first kappa shape index (κ1) is 21.8. The van der Waals surface area contributed by atoms with Crippen LogP contribution in [0.5, 0.6) is 11.5 Å². The van der Waals surface area contributed by atoms with Crippen LogP contribution in [0.1, 0.15) is 0 Å². The summed E-state index contributed by atoms with van der Waals surface area (Å²) in [6.07, 6.45) is 2.28. The van der Waals surface area contributed by atoms with Crippen LogP contribution in [0.4, 0.5) is 11.4 Å². The fraction of sp³-hybridized carbons (Fsp3) is 0.150. The molecule has 0 aliphatic rings. The fourth-order valence-corrected chi connectivity index (χ4v) is 3.27. The van der Waals surface area contributed by atoms with Gasteiger partial charge >= 0.3 is 5.97 Å². The van der Waals surface area contributed by atoms with Gasteiger partial charge in [-0.2, -0.15) is 0 Å². The lowest BCUT2D eigenvalue weighted by Gasteiger charge is -2.16. The molecule has 10 nitrogen and oxygen atoms in total. The monoisotopic (exact) mass is 446 g/mol. The van der Waals surface area contributed by atoms with Crippen LogP contribution >= 0.6 is 0 Å². The Bertz CT molecular complexity index is 1290. The molecule has 162 valence electrons. The van der Waals surface area contributed by atoms with Gasteiger partial charge in [-0.3, -0.25) is 24.0 Å². The highest BCUT2D eigenvalue weighted by Gasteiger charge is 2.20. The van der Waals surface area contributed by atoms with Gasteiger partial charge in [0.1, 0.15) is 29.8 Å². The van der Waals surface area contributed by atoms with Crippen molar-refractivity contribution in [2.24, 2.45) is 0 Å². The first-order valence-corrected chi connectivity index (χ1v) is 10.7. The number of benzene rings is 2. The first-order chi connectivity index (χ1) is 14.7. The Labute approximate surface area is 177 Å². The predicted molar refractivity (Wildman–Crippen MR) is 113 cm³/mol. The molecule has 0 unspecified atom stereocenters. The topological polar surface area (TPSA) is 132 Å². The van der Waals surface area contributed by atoms with Gasteiger partial charge in [0.2, 0.25) is 21.9 Å². The van der Waals surface area contributed by atoms with E-state index in [1.807, 2.05) is 0 Å². The molecule has 0 aliphatic heterocycles. The Morgan fingerprint density at radius 3 is 2.55 bits per heavy atom. The number of amides is 1. The van der Waals surface area contributed by atoms with Crippen LogP contribution in [0.3, 0.4) is 0 Å². The molecule has 1 heterocycles. The molecule has 0 saturated carbocycles. The van der Waals surface area contributed by atoms with Crippen molar-refractivity contribution in [3.05, 3.63) is 59.0 Å². The zero-order valence-corrected chi connectivity index (χ0v) is 17.3. The number of hydrogen-bond acceptors (Lipinski definition) is 8. The Balaban J connectivity index is 2.16. The number of anilines is 2. The van der Waals surface area contributed by atoms with E-state index in [1.165, 1.54) is 12.1 Å². The van der Waals surface area contributed by atoms with Gasteiger partial charge in [-0.15, -0.1) is 0 Å². The van der Waals surface area contributed by atoms with Gasteiger partial charge in [0.05, 0.1) is 24.4 Å². The summed E-state index contributed by atoms with van der Waals surface area (Å²) in [5.41, 5.74) is -0.718. The van der Waals surface area contributed by atoms with Crippen molar-refractivity contribution < 1.29 is 31.9 Å². The minimum absolute atomic E-state index is 0.0131. The van der Waals surface area contributed by atoms with Crippen LogP contribution in [-0.2, 0) is 24.3 Å². The number of esters is 1. The minimum Gasteiger partial charge on any atom is -0.468 e. The quantitative estimate of drug-likeness (QED) is 0.411. The van der Waals surface area contributed by atoms with Crippen LogP contribution in [0.15, 0.2) is 57.9 Å². The molecule has 0 saturated heterocycles. The van der Waals surface area contributed by atoms with Crippen molar-refractivity contribution in [3.63, 3.8) is 0 Å². The molecule has 0 atom stereocenters. The van der Waals surface area contributed by atoms with Gasteiger partial charge in [0.15, 0.2) is 5.75 Å². The number of para-hydroxylation sites is 1. The molecule has 0 radical (unpaired) electrons. The van der Waals surface area contributed by atoms with E-state index in [4.69, 9.17) is 9.15 Å². The highest BCUT2D eigenvalue weighted by Crippen LogP contribution is 2.34. The minimum atomic E-state index is -3.67. The highest BCUT2D eigenvalue weighted by molar-refractivity contribution is 7.92. The van der Waals surface area contributed by atoms with Gasteiger partial charge in [-0.1, -0.05) is 18.2 Å². The molecule has 31 heavy (non-hydrogen) atoms. The van der Waals surface area contributed by atoms with Gasteiger partial charge in [0.25, 0.3) is 0 Å². The number of fused-ring (bicyclic) bond motifs is 1. The number of sulfonamides is 1. The van der Waals surface area contributed by atoms with Gasteiger partial charge in [-0.05, 0) is 18.2 Å². The Hall–Kier alpha value is -3.86. The molecule has 3 rings (SSSR count). The number of ether oxygens (including phenoxy) is 2. The van der Waals surface area contributed by atoms with E-state index < -0.39 is 28.0 Å². The lowest BCUT2D eigenvalue weighted by molar-refractivity contribution is -0.139. The zero-order chi connectivity index (χ0) is 22.6. The summed E-state index contributed by atoms with van der Waals surface area (Å²) in [5.74, 6) is -0.286. The van der Waals surface area contributed by atoms with Gasteiger partial charge < -0.3 is 13.9 Å². The molecule has 0 fully saturated rings. The Morgan fingerprint density at radius 2 is 1.94 bits per heavy atom. The first-order valence-electron chi connectivity index (χ1n) is 8.81. The Kier molecular flexibility index (Phi) is 6.25. The van der Waals surface area contributed by atoms with E-state index in [0.717, 1.165) is 24.5 Å². The van der Waals surface area contributed by atoms with E-state index in [1.54, 1.807) is 30.3 Å². The third-order valence-corrected chi connectivity index (χ3v) is 4.68. The molecule has 0 aliphatic carbocycles. The number of methoxy groups -OCH3 is 1. The molecule has 1 N–H and O–H groups in total. The molecule has 0 spiro atoms. The van der Waals surface area contributed by atoms with Crippen molar-refractivity contribution in [2.45, 2.75) is 0 Å². The number of carbonyl (C=O) groups is 2. The average molecular weight is 446 g/mol. The molecule has 0 bridgehead atoms. The van der Waals surface area contributed by atoms with Crippen molar-refractivity contribution in [3.8, 4) is 11.5 Å². The normalized spacial score (nSPS) is 11.0. The van der Waals surface area contributed by atoms with Gasteiger partial charge in [0, 0.05) is 6.07 Å². The Morgan fingerprint density at radius 1 is 1.23 bits per heavy atom. The SMILES string of the molecule is COC(=O)CN(C=O)c1coc2cc(NS(C)(=O)=O)c(Oc3ccccc3)cc2c1=O. The second-order valence-corrected chi connectivity index (χ2v) is 8.14. The summed E-state index contributed by atoms with van der Waals surface area (Å²) in [6.45, 7) is -0.489. The number of nitrogens with zero attached hydrogens (tertiary/aromatic N) is 1. The summed E-state index contributed by atoms with van der Waals surface area (Å²) < 4.78 is 41.6. The van der Waals surface area contributed by atoms with E-state index in [2.05, 4.69) is 9.46 Å². The highest BCUT2D eigenvalue weighted by atomic mass is 32.2. The number of carbonyl (C=O) groups excluding carboxylic acids is 2. The van der Waals surface area contributed by atoms with E-state index >= 15 is 0 Å². The van der Waals surface area contributed by atoms with Crippen molar-refractivity contribution >= 4 is 44.7 Å². The van der Waals surface area contributed by atoms with Crippen LogP contribution in [-0.4, -0.2) is 40.7 Å². The number of nitrogens with one attached hydrogen (secondary N) is 1. The summed E-state index contributed by atoms with van der Waals surface area (Å²) >= 11 is 0. The zero-order valence-electron chi connectivity index (χ0n) is 16.5. The smallest absolute Gasteiger partial charge is 0.325 e. The molecule has 1 amide bonds. The maximum atomic E-state index is 13.0. The molecule has 2 aromatic carbocycles. The third-order valence-electron chi connectivity index (χ3n) is 4.09. The van der Waals surface area contributed by atoms with E-state index in [9.17, 15) is 22.8 Å². The summed E-state index contributed by atoms with van der Waals surface area (Å²) in [7, 11) is -2.52. The maximum absolute atomic E-state index is 13.0. The van der Waals surface area contributed by atoms with E-state index in [0.29, 0.717) is 12.2 Å². The predicted octanol–water partition coefficient (Wildman–Crippen LogP) is 2.09. The van der Waals surface area contributed by atoms with Crippen LogP contribution < -0.4 is 19.8 Å². The standard InChI is InChI=1S/C20H18N2O8S/c1-28-19(24)10-22(12-23)16-11-29-17-9-15(21-31(2,26)27)18(8-14(17)20(16)25)30-13-6-4-3-5-7-13/h3-9,11-12,21H,10H2,1-2H3. The molecule has 11 heteroatoms.